The van der Waals surface area contributed by atoms with E-state index >= 15 is 0 Å². The van der Waals surface area contributed by atoms with E-state index in [1.54, 1.807) is 17.1 Å². The van der Waals surface area contributed by atoms with Gasteiger partial charge in [-0.1, -0.05) is 6.07 Å². The molecule has 184 valence electrons. The van der Waals surface area contributed by atoms with Crippen molar-refractivity contribution in [3.63, 3.8) is 0 Å². The van der Waals surface area contributed by atoms with E-state index in [2.05, 4.69) is 44.9 Å². The van der Waals surface area contributed by atoms with Crippen LogP contribution in [0.4, 0.5) is 11.6 Å². The molecule has 0 saturated heterocycles. The predicted molar refractivity (Wildman–Crippen MR) is 138 cm³/mol. The molecule has 1 aromatic carbocycles. The van der Waals surface area contributed by atoms with E-state index < -0.39 is 5.41 Å². The molecule has 3 fully saturated rings. The number of pyridine rings is 1. The lowest BCUT2D eigenvalue weighted by molar-refractivity contribution is 0.490. The Morgan fingerprint density at radius 3 is 2.73 bits per heavy atom. The lowest BCUT2D eigenvalue weighted by atomic mass is 9.92. The number of hydrogen-bond donors (Lipinski definition) is 2. The number of nitrogens with one attached hydrogen (secondary N) is 2. The smallest absolute Gasteiger partial charge is 0.278 e. The fourth-order valence-electron chi connectivity index (χ4n) is 5.90. The quantitative estimate of drug-likeness (QED) is 0.438. The third-order valence-electron chi connectivity index (χ3n) is 8.44. The number of anilines is 2. The molecule has 3 saturated carbocycles. The number of aromatic nitrogens is 5. The number of nitrogens with zero attached hydrogens (tertiary/aromatic N) is 6. The lowest BCUT2D eigenvalue weighted by Gasteiger charge is -2.27. The second-order valence-corrected chi connectivity index (χ2v) is 11.0. The molecular formula is C28H26N8O. The molecule has 3 aliphatic carbocycles. The zero-order chi connectivity index (χ0) is 24.8. The van der Waals surface area contributed by atoms with Crippen molar-refractivity contribution in [1.29, 1.82) is 5.26 Å². The first kappa shape index (κ1) is 21.1. The van der Waals surface area contributed by atoms with Crippen molar-refractivity contribution in [2.75, 3.05) is 11.9 Å². The summed E-state index contributed by atoms with van der Waals surface area (Å²) in [6, 6.07) is 12.9. The van der Waals surface area contributed by atoms with Gasteiger partial charge >= 0.3 is 0 Å². The third-order valence-corrected chi connectivity index (χ3v) is 8.44. The fourth-order valence-corrected chi connectivity index (χ4v) is 5.90. The summed E-state index contributed by atoms with van der Waals surface area (Å²) in [5, 5.41) is 17.2. The van der Waals surface area contributed by atoms with Crippen molar-refractivity contribution < 1.29 is 0 Å². The molecule has 1 spiro atoms. The Hall–Kier alpha value is -4.03. The second-order valence-electron chi connectivity index (χ2n) is 11.0. The highest BCUT2D eigenvalue weighted by atomic mass is 16.1. The molecule has 9 heteroatoms. The number of nitriles is 1. The maximum atomic E-state index is 13.4. The van der Waals surface area contributed by atoms with Gasteiger partial charge in [0.05, 0.1) is 28.9 Å². The van der Waals surface area contributed by atoms with Crippen LogP contribution in [0.25, 0.3) is 16.7 Å². The van der Waals surface area contributed by atoms with Gasteiger partial charge in [-0.25, -0.2) is 14.3 Å². The van der Waals surface area contributed by atoms with Gasteiger partial charge < -0.3 is 10.6 Å². The summed E-state index contributed by atoms with van der Waals surface area (Å²) in [4.78, 5) is 27.3. The van der Waals surface area contributed by atoms with Crippen LogP contribution in [0, 0.1) is 11.3 Å². The van der Waals surface area contributed by atoms with Gasteiger partial charge in [0, 0.05) is 30.2 Å². The van der Waals surface area contributed by atoms with Gasteiger partial charge in [-0.05, 0) is 80.3 Å². The molecule has 2 N–H and O–H groups in total. The molecule has 0 radical (unpaired) electrons. The molecule has 0 amide bonds. The third kappa shape index (κ3) is 3.18. The van der Waals surface area contributed by atoms with Gasteiger partial charge in [0.25, 0.3) is 5.56 Å². The Labute approximate surface area is 213 Å². The van der Waals surface area contributed by atoms with Crippen LogP contribution >= 0.6 is 0 Å². The summed E-state index contributed by atoms with van der Waals surface area (Å²) in [6.45, 7) is 1.00. The van der Waals surface area contributed by atoms with Gasteiger partial charge in [0.2, 0.25) is 5.95 Å². The lowest BCUT2D eigenvalue weighted by Crippen LogP contribution is -2.36. The van der Waals surface area contributed by atoms with Crippen LogP contribution in [0.1, 0.15) is 61.4 Å². The van der Waals surface area contributed by atoms with Crippen LogP contribution in [0.2, 0.25) is 0 Å². The monoisotopic (exact) mass is 490 g/mol. The van der Waals surface area contributed by atoms with Crippen LogP contribution in [-0.4, -0.2) is 30.9 Å². The van der Waals surface area contributed by atoms with Crippen LogP contribution in [0.15, 0.2) is 47.5 Å². The van der Waals surface area contributed by atoms with Gasteiger partial charge in [0.1, 0.15) is 5.39 Å². The average molecular weight is 491 g/mol. The van der Waals surface area contributed by atoms with Crippen molar-refractivity contribution in [1.82, 2.24) is 29.6 Å². The predicted octanol–water partition coefficient (Wildman–Crippen LogP) is 3.75. The molecule has 4 aliphatic rings. The second kappa shape index (κ2) is 7.26. The summed E-state index contributed by atoms with van der Waals surface area (Å²) in [5.74, 6) is 0.453. The van der Waals surface area contributed by atoms with Gasteiger partial charge in [0.15, 0.2) is 5.65 Å². The molecular weight excluding hydrogens is 464 g/mol. The van der Waals surface area contributed by atoms with E-state index in [1.807, 2.05) is 16.8 Å². The van der Waals surface area contributed by atoms with Crippen molar-refractivity contribution in [3.05, 3.63) is 69.9 Å². The minimum atomic E-state index is -0.508. The van der Waals surface area contributed by atoms with E-state index in [-0.39, 0.29) is 17.1 Å². The highest BCUT2D eigenvalue weighted by Gasteiger charge is 2.47. The fraction of sp³-hybridized carbons (Fsp3) is 0.393. The topological polar surface area (TPSA) is 113 Å². The largest absolute Gasteiger partial charge is 0.324 e. The number of benzene rings is 1. The van der Waals surface area contributed by atoms with Gasteiger partial charge in [-0.15, -0.1) is 0 Å². The standard InChI is InChI=1S/C28H26N8O/c29-16-27(7-8-27)23-14-20(6-11-30-23)35-24-21(25(37)36(35)19-2-3-19)15-31-26(34-24)33-18-1-4-22-17(13-18)5-12-32-28(22)9-10-28/h1,4,6,11,13-15,19,32H,2-3,5,7-10,12H2,(H,31,33,34). The Morgan fingerprint density at radius 1 is 1.11 bits per heavy atom. The molecule has 37 heavy (non-hydrogen) atoms. The zero-order valence-electron chi connectivity index (χ0n) is 20.4. The molecule has 0 bridgehead atoms. The first-order valence-electron chi connectivity index (χ1n) is 13.1. The first-order chi connectivity index (χ1) is 18.1. The van der Waals surface area contributed by atoms with Crippen molar-refractivity contribution in [3.8, 4) is 11.8 Å². The van der Waals surface area contributed by atoms with Gasteiger partial charge in [-0.2, -0.15) is 10.2 Å². The molecule has 4 aromatic rings. The van der Waals surface area contributed by atoms with Crippen molar-refractivity contribution in [2.45, 2.75) is 61.9 Å². The minimum absolute atomic E-state index is 0.0835. The SMILES string of the molecule is N#CC1(c2cc(-n3c4nc(Nc5ccc6c(c5)CCNC65CC5)ncc4c(=O)n3C3CC3)ccn2)CC1. The van der Waals surface area contributed by atoms with Crippen LogP contribution in [-0.2, 0) is 17.4 Å². The Morgan fingerprint density at radius 2 is 1.97 bits per heavy atom. The summed E-state index contributed by atoms with van der Waals surface area (Å²) in [6.07, 6.45) is 10.3. The van der Waals surface area contributed by atoms with E-state index in [0.29, 0.717) is 17.0 Å². The van der Waals surface area contributed by atoms with E-state index in [4.69, 9.17) is 4.98 Å². The molecule has 4 heterocycles. The Bertz CT molecular complexity index is 1700. The molecule has 1 aliphatic heterocycles. The normalized spacial score (nSPS) is 20.4. The van der Waals surface area contributed by atoms with E-state index in [0.717, 1.165) is 55.7 Å². The maximum Gasteiger partial charge on any atom is 0.278 e. The molecule has 9 nitrogen and oxygen atoms in total. The summed E-state index contributed by atoms with van der Waals surface area (Å²) >= 11 is 0. The molecule has 0 atom stereocenters. The van der Waals surface area contributed by atoms with E-state index in [9.17, 15) is 10.1 Å². The molecule has 8 rings (SSSR count). The zero-order valence-corrected chi connectivity index (χ0v) is 20.4. The Kier molecular flexibility index (Phi) is 4.14. The number of fused-ring (bicyclic) bond motifs is 3. The number of hydrogen-bond acceptors (Lipinski definition) is 7. The van der Waals surface area contributed by atoms with Crippen LogP contribution < -0.4 is 16.2 Å². The summed E-state index contributed by atoms with van der Waals surface area (Å²) < 4.78 is 3.70. The summed E-state index contributed by atoms with van der Waals surface area (Å²) in [7, 11) is 0. The number of rotatable bonds is 5. The highest BCUT2D eigenvalue weighted by Crippen LogP contribution is 2.49. The van der Waals surface area contributed by atoms with Crippen LogP contribution in [0.5, 0.6) is 0 Å². The Balaban J connectivity index is 1.22. The first-order valence-corrected chi connectivity index (χ1v) is 13.1. The minimum Gasteiger partial charge on any atom is -0.324 e. The van der Waals surface area contributed by atoms with Crippen molar-refractivity contribution >= 4 is 22.7 Å². The molecule has 3 aromatic heterocycles. The van der Waals surface area contributed by atoms with Crippen molar-refractivity contribution in [2.24, 2.45) is 0 Å². The van der Waals surface area contributed by atoms with Gasteiger partial charge in [-0.3, -0.25) is 9.78 Å². The summed E-state index contributed by atoms with van der Waals surface area (Å²) in [5.41, 5.74) is 5.45. The highest BCUT2D eigenvalue weighted by molar-refractivity contribution is 5.77. The molecule has 0 unspecified atom stereocenters. The average Bonchev–Trinajstić information content (AvgIpc) is 3.80. The van der Waals surface area contributed by atoms with Crippen LogP contribution in [0.3, 0.4) is 0 Å². The van der Waals surface area contributed by atoms with E-state index in [1.165, 1.54) is 24.0 Å². The maximum absolute atomic E-state index is 13.4.